The fourth-order valence-electron chi connectivity index (χ4n) is 4.48. The first-order valence-electron chi connectivity index (χ1n) is 10.5. The van der Waals surface area contributed by atoms with E-state index >= 15 is 0 Å². The van der Waals surface area contributed by atoms with Crippen molar-refractivity contribution in [3.63, 3.8) is 0 Å². The van der Waals surface area contributed by atoms with Crippen LogP contribution in [0.3, 0.4) is 0 Å². The zero-order valence-corrected chi connectivity index (χ0v) is 19.7. The Morgan fingerprint density at radius 1 is 1.33 bits per heavy atom. The van der Waals surface area contributed by atoms with E-state index in [9.17, 15) is 4.79 Å². The third-order valence-electron chi connectivity index (χ3n) is 6.28. The van der Waals surface area contributed by atoms with Crippen molar-refractivity contribution in [3.05, 3.63) is 47.7 Å². The van der Waals surface area contributed by atoms with E-state index < -0.39 is 5.54 Å². The summed E-state index contributed by atoms with van der Waals surface area (Å²) in [5, 5.41) is 8.69. The SMILES string of the molecule is CC1(C)C2=CN(I)C(NC3CCOCC3)NC2CN1C(=O)N(N)Cc1ccccc1. The number of hydrazine groups is 1. The topological polar surface area (TPSA) is 86.1 Å². The largest absolute Gasteiger partial charge is 0.381 e. The van der Waals surface area contributed by atoms with Crippen molar-refractivity contribution in [2.75, 3.05) is 19.8 Å². The van der Waals surface area contributed by atoms with Crippen LogP contribution in [-0.4, -0.2) is 62.7 Å². The zero-order chi connectivity index (χ0) is 21.3. The Morgan fingerprint density at radius 3 is 2.73 bits per heavy atom. The van der Waals surface area contributed by atoms with Crippen LogP contribution in [0.5, 0.6) is 0 Å². The van der Waals surface area contributed by atoms with Crippen molar-refractivity contribution in [1.82, 2.24) is 23.7 Å². The van der Waals surface area contributed by atoms with Gasteiger partial charge in [0.2, 0.25) is 0 Å². The van der Waals surface area contributed by atoms with Crippen molar-refractivity contribution in [3.8, 4) is 0 Å². The predicted molar refractivity (Wildman–Crippen MR) is 124 cm³/mol. The van der Waals surface area contributed by atoms with E-state index in [4.69, 9.17) is 10.6 Å². The summed E-state index contributed by atoms with van der Waals surface area (Å²) in [6.45, 7) is 6.77. The van der Waals surface area contributed by atoms with Crippen LogP contribution in [0.15, 0.2) is 42.1 Å². The third kappa shape index (κ3) is 4.45. The highest BCUT2D eigenvalue weighted by Gasteiger charge is 2.49. The van der Waals surface area contributed by atoms with Crippen LogP contribution in [0.25, 0.3) is 0 Å². The van der Waals surface area contributed by atoms with E-state index in [1.807, 2.05) is 35.2 Å². The number of hydrogen-bond donors (Lipinski definition) is 3. The summed E-state index contributed by atoms with van der Waals surface area (Å²) < 4.78 is 7.61. The summed E-state index contributed by atoms with van der Waals surface area (Å²) in [7, 11) is 0. The van der Waals surface area contributed by atoms with Crippen molar-refractivity contribution >= 4 is 28.9 Å². The maximum atomic E-state index is 13.2. The molecule has 0 saturated carbocycles. The molecule has 2 atom stereocenters. The van der Waals surface area contributed by atoms with E-state index in [-0.39, 0.29) is 18.4 Å². The van der Waals surface area contributed by atoms with Crippen molar-refractivity contribution in [2.24, 2.45) is 5.84 Å². The fraction of sp³-hybridized carbons (Fsp3) is 0.571. The van der Waals surface area contributed by atoms with Crippen molar-refractivity contribution in [2.45, 2.75) is 57.1 Å². The van der Waals surface area contributed by atoms with Gasteiger partial charge in [-0.15, -0.1) is 0 Å². The molecule has 30 heavy (non-hydrogen) atoms. The summed E-state index contributed by atoms with van der Waals surface area (Å²) in [4.78, 5) is 15.1. The minimum Gasteiger partial charge on any atom is -0.381 e. The summed E-state index contributed by atoms with van der Waals surface area (Å²) >= 11 is 2.32. The van der Waals surface area contributed by atoms with Gasteiger partial charge in [0, 0.05) is 32.0 Å². The number of likely N-dealkylation sites (tertiary alicyclic amines) is 1. The van der Waals surface area contributed by atoms with Gasteiger partial charge < -0.3 is 9.64 Å². The molecule has 2 amide bonds. The standard InChI is InChI=1S/C21H31IN6O2/c1-21(2)17-13-27(22)19(24-16-8-10-30-11-9-16)25-18(17)14-26(21)20(29)28(23)12-15-6-4-3-5-7-15/h3-7,13,16,18-19,24-25H,8-12,14,23H2,1-2H3. The van der Waals surface area contributed by atoms with Gasteiger partial charge in [-0.1, -0.05) is 30.3 Å². The zero-order valence-electron chi connectivity index (χ0n) is 17.6. The lowest BCUT2D eigenvalue weighted by molar-refractivity contribution is 0.0682. The molecule has 0 bridgehead atoms. The van der Waals surface area contributed by atoms with Gasteiger partial charge in [-0.25, -0.2) is 10.6 Å². The van der Waals surface area contributed by atoms with Gasteiger partial charge in [0.05, 0.1) is 41.0 Å². The normalized spacial score (nSPS) is 26.3. The first-order chi connectivity index (χ1) is 14.4. The lowest BCUT2D eigenvalue weighted by Crippen LogP contribution is -2.60. The van der Waals surface area contributed by atoms with Crippen LogP contribution in [0.2, 0.25) is 0 Å². The van der Waals surface area contributed by atoms with Gasteiger partial charge in [-0.3, -0.25) is 18.8 Å². The first-order valence-corrected chi connectivity index (χ1v) is 11.5. The number of benzene rings is 1. The number of nitrogens with zero attached hydrogens (tertiary/aromatic N) is 3. The molecule has 2 saturated heterocycles. The number of nitrogens with one attached hydrogen (secondary N) is 2. The molecular weight excluding hydrogens is 495 g/mol. The first kappa shape index (κ1) is 21.8. The van der Waals surface area contributed by atoms with Crippen LogP contribution in [0.4, 0.5) is 4.79 Å². The van der Waals surface area contributed by atoms with Gasteiger partial charge in [-0.2, -0.15) is 0 Å². The van der Waals surface area contributed by atoms with Gasteiger partial charge in [0.15, 0.2) is 0 Å². The van der Waals surface area contributed by atoms with Crippen molar-refractivity contribution < 1.29 is 9.53 Å². The molecular formula is C21H31IN6O2. The molecule has 0 radical (unpaired) electrons. The van der Waals surface area contributed by atoms with Crippen molar-refractivity contribution in [1.29, 1.82) is 0 Å². The lowest BCUT2D eigenvalue weighted by Gasteiger charge is -2.40. The van der Waals surface area contributed by atoms with E-state index in [0.717, 1.165) is 31.6 Å². The van der Waals surface area contributed by atoms with Crippen LogP contribution in [0, 0.1) is 0 Å². The molecule has 9 heteroatoms. The number of nitrogens with two attached hydrogens (primary N) is 1. The van der Waals surface area contributed by atoms with E-state index in [1.165, 1.54) is 10.6 Å². The molecule has 2 fully saturated rings. The second-order valence-electron chi connectivity index (χ2n) is 8.67. The minimum atomic E-state index is -0.421. The molecule has 3 aliphatic rings. The number of halogens is 1. The number of carbonyl (C=O) groups is 1. The monoisotopic (exact) mass is 526 g/mol. The third-order valence-corrected chi connectivity index (χ3v) is 7.11. The lowest BCUT2D eigenvalue weighted by atomic mass is 9.92. The molecule has 3 aliphatic heterocycles. The molecule has 164 valence electrons. The quantitative estimate of drug-likeness (QED) is 0.183. The summed E-state index contributed by atoms with van der Waals surface area (Å²) in [6, 6.07) is 10.2. The molecule has 2 unspecified atom stereocenters. The van der Waals surface area contributed by atoms with Gasteiger partial charge >= 0.3 is 6.03 Å². The Morgan fingerprint density at radius 2 is 2.03 bits per heavy atom. The average Bonchev–Trinajstić information content (AvgIpc) is 2.99. The Balaban J connectivity index is 1.44. The molecule has 4 N–H and O–H groups in total. The Hall–Kier alpha value is -1.40. The summed E-state index contributed by atoms with van der Waals surface area (Å²) in [5.74, 6) is 6.18. The number of rotatable bonds is 4. The summed E-state index contributed by atoms with van der Waals surface area (Å²) in [6.07, 6.45) is 4.22. The van der Waals surface area contributed by atoms with E-state index in [2.05, 4.69) is 56.7 Å². The maximum absolute atomic E-state index is 13.2. The molecule has 0 spiro atoms. The number of ether oxygens (including phenoxy) is 1. The Kier molecular flexibility index (Phi) is 6.54. The second kappa shape index (κ2) is 8.99. The number of fused-ring (bicyclic) bond motifs is 1. The smallest absolute Gasteiger partial charge is 0.335 e. The second-order valence-corrected chi connectivity index (χ2v) is 9.78. The highest BCUT2D eigenvalue weighted by molar-refractivity contribution is 14.1. The maximum Gasteiger partial charge on any atom is 0.335 e. The number of urea groups is 1. The fourth-order valence-corrected chi connectivity index (χ4v) is 5.10. The molecule has 4 rings (SSSR count). The van der Waals surface area contributed by atoms with Gasteiger partial charge in [-0.05, 0) is 37.8 Å². The number of hydrogen-bond acceptors (Lipinski definition) is 6. The molecule has 1 aromatic rings. The highest BCUT2D eigenvalue weighted by atomic mass is 127. The average molecular weight is 526 g/mol. The van der Waals surface area contributed by atoms with E-state index in [0.29, 0.717) is 19.1 Å². The van der Waals surface area contributed by atoms with E-state index in [1.54, 1.807) is 0 Å². The van der Waals surface area contributed by atoms with Crippen LogP contribution >= 0.6 is 22.9 Å². The molecule has 0 aromatic heterocycles. The Labute approximate surface area is 192 Å². The van der Waals surface area contributed by atoms with Crippen LogP contribution in [-0.2, 0) is 11.3 Å². The van der Waals surface area contributed by atoms with Gasteiger partial charge in [0.1, 0.15) is 6.29 Å². The molecule has 0 aliphatic carbocycles. The predicted octanol–water partition coefficient (Wildman–Crippen LogP) is 2.14. The number of carbonyl (C=O) groups excluding carboxylic acids is 1. The number of amides is 2. The molecule has 1 aromatic carbocycles. The summed E-state index contributed by atoms with van der Waals surface area (Å²) in [5.41, 5.74) is 1.79. The van der Waals surface area contributed by atoms with Gasteiger partial charge in [0.25, 0.3) is 0 Å². The molecule has 3 heterocycles. The van der Waals surface area contributed by atoms with Crippen LogP contribution < -0.4 is 16.5 Å². The highest BCUT2D eigenvalue weighted by Crippen LogP contribution is 2.38. The minimum absolute atomic E-state index is 0.0200. The Bertz CT molecular complexity index is 783. The van der Waals surface area contributed by atoms with Crippen LogP contribution in [0.1, 0.15) is 32.3 Å². The molecule has 8 nitrogen and oxygen atoms in total.